The van der Waals surface area contributed by atoms with Crippen molar-refractivity contribution in [3.63, 3.8) is 0 Å². The second-order valence-corrected chi connectivity index (χ2v) is 6.41. The lowest BCUT2D eigenvalue weighted by Gasteiger charge is -2.15. The molecule has 0 aliphatic carbocycles. The Bertz CT molecular complexity index is 564. The number of nitrogens with one attached hydrogen (secondary N) is 1. The van der Waals surface area contributed by atoms with Gasteiger partial charge in [0.1, 0.15) is 6.04 Å². The fourth-order valence-corrected chi connectivity index (χ4v) is 2.83. The molecule has 10 heteroatoms. The van der Waals surface area contributed by atoms with Gasteiger partial charge in [-0.05, 0) is 23.8 Å². The van der Waals surface area contributed by atoms with Crippen LogP contribution in [0, 0.1) is 0 Å². The predicted octanol–water partition coefficient (Wildman–Crippen LogP) is 3.40. The van der Waals surface area contributed by atoms with Crippen LogP contribution in [0.1, 0.15) is 5.56 Å². The van der Waals surface area contributed by atoms with Gasteiger partial charge in [0.15, 0.2) is 0 Å². The largest absolute Gasteiger partial charge is 0.480 e. The molecule has 0 saturated heterocycles. The number of amides is 1. The van der Waals surface area contributed by atoms with Crippen LogP contribution in [0.15, 0.2) is 18.2 Å². The van der Waals surface area contributed by atoms with Gasteiger partial charge in [0.05, 0.1) is 11.5 Å². The molecule has 0 aliphatic heterocycles. The molecule has 4 nitrogen and oxygen atoms in total. The lowest BCUT2D eigenvalue weighted by Crippen LogP contribution is -2.43. The summed E-state index contributed by atoms with van der Waals surface area (Å²) in [4.78, 5) is 22.7. The minimum atomic E-state index is -4.38. The summed E-state index contributed by atoms with van der Waals surface area (Å²) in [7, 11) is 0. The molecule has 1 atom stereocenters. The Hall–Kier alpha value is -1.12. The third kappa shape index (κ3) is 8.34. The van der Waals surface area contributed by atoms with Crippen molar-refractivity contribution in [1.29, 1.82) is 0 Å². The van der Waals surface area contributed by atoms with Crippen LogP contribution in [0.4, 0.5) is 13.2 Å². The molecule has 0 aliphatic rings. The zero-order valence-corrected chi connectivity index (χ0v) is 13.8. The highest BCUT2D eigenvalue weighted by molar-refractivity contribution is 8.00. The van der Waals surface area contributed by atoms with E-state index in [1.807, 2.05) is 0 Å². The van der Waals surface area contributed by atoms with Gasteiger partial charge in [-0.1, -0.05) is 23.2 Å². The SMILES string of the molecule is O=C(CSCC(F)(F)F)NC(Cc1cc(Cl)cc(Cl)c1)C(=O)O. The Balaban J connectivity index is 2.61. The molecule has 1 unspecified atom stereocenters. The smallest absolute Gasteiger partial charge is 0.397 e. The average molecular weight is 390 g/mol. The van der Waals surface area contributed by atoms with Gasteiger partial charge in [-0.3, -0.25) is 4.79 Å². The van der Waals surface area contributed by atoms with E-state index in [-0.39, 0.29) is 6.42 Å². The standard InChI is InChI=1S/C13H12Cl2F3NO3S/c14-8-1-7(2-9(15)4-8)3-10(12(21)22)19-11(20)5-23-6-13(16,17)18/h1-2,4,10H,3,5-6H2,(H,19,20)(H,21,22). The van der Waals surface area contributed by atoms with Gasteiger partial charge in [0.2, 0.25) is 5.91 Å². The summed E-state index contributed by atoms with van der Waals surface area (Å²) in [5.74, 6) is -3.77. The van der Waals surface area contributed by atoms with Gasteiger partial charge < -0.3 is 10.4 Å². The Morgan fingerprint density at radius 3 is 2.26 bits per heavy atom. The molecule has 0 saturated carbocycles. The van der Waals surface area contributed by atoms with Crippen LogP contribution >= 0.6 is 35.0 Å². The highest BCUT2D eigenvalue weighted by atomic mass is 35.5. The van der Waals surface area contributed by atoms with Crippen LogP contribution in [-0.4, -0.2) is 40.7 Å². The predicted molar refractivity (Wildman–Crippen MR) is 83.1 cm³/mol. The number of halogens is 5. The first kappa shape index (κ1) is 19.9. The van der Waals surface area contributed by atoms with E-state index in [1.165, 1.54) is 18.2 Å². The van der Waals surface area contributed by atoms with Crippen LogP contribution < -0.4 is 5.32 Å². The number of thioether (sulfide) groups is 1. The second kappa shape index (κ2) is 8.65. The van der Waals surface area contributed by atoms with Crippen LogP contribution in [0.5, 0.6) is 0 Å². The summed E-state index contributed by atoms with van der Waals surface area (Å²) in [6.45, 7) is 0. The number of carbonyl (C=O) groups excluding carboxylic acids is 1. The number of carboxylic acids is 1. The number of alkyl halides is 3. The zero-order valence-electron chi connectivity index (χ0n) is 11.5. The number of aliphatic carboxylic acids is 1. The Kier molecular flexibility index (Phi) is 7.50. The maximum Gasteiger partial charge on any atom is 0.397 e. The first-order valence-electron chi connectivity index (χ1n) is 6.18. The van der Waals surface area contributed by atoms with Crippen molar-refractivity contribution >= 4 is 46.8 Å². The second-order valence-electron chi connectivity index (χ2n) is 4.55. The van der Waals surface area contributed by atoms with E-state index in [9.17, 15) is 22.8 Å². The summed E-state index contributed by atoms with van der Waals surface area (Å²) in [5, 5.41) is 11.9. The van der Waals surface area contributed by atoms with Crippen molar-refractivity contribution in [2.45, 2.75) is 18.6 Å². The summed E-state index contributed by atoms with van der Waals surface area (Å²) in [5.41, 5.74) is 0.484. The topological polar surface area (TPSA) is 66.4 Å². The molecule has 0 fully saturated rings. The first-order chi connectivity index (χ1) is 10.6. The average Bonchev–Trinajstić information content (AvgIpc) is 2.34. The molecule has 128 valence electrons. The van der Waals surface area contributed by atoms with E-state index in [4.69, 9.17) is 28.3 Å². The van der Waals surface area contributed by atoms with Gasteiger partial charge in [0.25, 0.3) is 0 Å². The minimum absolute atomic E-state index is 0.0920. The number of benzene rings is 1. The van der Waals surface area contributed by atoms with Crippen LogP contribution in [0.3, 0.4) is 0 Å². The number of carboxylic acid groups (broad SMARTS) is 1. The number of rotatable bonds is 7. The number of carbonyl (C=O) groups is 2. The third-order valence-corrected chi connectivity index (χ3v) is 3.93. The maximum absolute atomic E-state index is 12.0. The van der Waals surface area contributed by atoms with Crippen molar-refractivity contribution < 1.29 is 27.9 Å². The fraction of sp³-hybridized carbons (Fsp3) is 0.385. The van der Waals surface area contributed by atoms with Crippen molar-refractivity contribution in [3.8, 4) is 0 Å². The van der Waals surface area contributed by atoms with Gasteiger partial charge in [-0.25, -0.2) is 4.79 Å². The van der Waals surface area contributed by atoms with Crippen LogP contribution in [0.2, 0.25) is 10.0 Å². The first-order valence-corrected chi connectivity index (χ1v) is 8.09. The third-order valence-electron chi connectivity index (χ3n) is 2.49. The summed E-state index contributed by atoms with van der Waals surface area (Å²) >= 11 is 12.0. The molecular weight excluding hydrogens is 378 g/mol. The Morgan fingerprint density at radius 2 is 1.78 bits per heavy atom. The molecule has 1 aromatic rings. The molecule has 2 N–H and O–H groups in total. The highest BCUT2D eigenvalue weighted by Crippen LogP contribution is 2.21. The molecular formula is C13H12Cl2F3NO3S. The fourth-order valence-electron chi connectivity index (χ4n) is 1.66. The molecule has 1 amide bonds. The molecule has 0 radical (unpaired) electrons. The van der Waals surface area contributed by atoms with Crippen molar-refractivity contribution in [3.05, 3.63) is 33.8 Å². The molecule has 0 aromatic heterocycles. The van der Waals surface area contributed by atoms with E-state index in [2.05, 4.69) is 5.32 Å². The van der Waals surface area contributed by atoms with Crippen LogP contribution in [0.25, 0.3) is 0 Å². The number of hydrogen-bond acceptors (Lipinski definition) is 3. The quantitative estimate of drug-likeness (QED) is 0.749. The van der Waals surface area contributed by atoms with Gasteiger partial charge >= 0.3 is 12.1 Å². The summed E-state index contributed by atoms with van der Waals surface area (Å²) in [6, 6.07) is 3.17. The van der Waals surface area contributed by atoms with E-state index in [0.29, 0.717) is 27.4 Å². The van der Waals surface area contributed by atoms with E-state index < -0.39 is 35.6 Å². The molecule has 1 aromatic carbocycles. The minimum Gasteiger partial charge on any atom is -0.480 e. The van der Waals surface area contributed by atoms with E-state index in [0.717, 1.165) is 0 Å². The lowest BCUT2D eigenvalue weighted by molar-refractivity contribution is -0.141. The van der Waals surface area contributed by atoms with Crippen molar-refractivity contribution in [2.75, 3.05) is 11.5 Å². The zero-order chi connectivity index (χ0) is 17.6. The van der Waals surface area contributed by atoms with Crippen molar-refractivity contribution in [2.24, 2.45) is 0 Å². The Labute approximate surface area is 144 Å². The number of hydrogen-bond donors (Lipinski definition) is 2. The Morgan fingerprint density at radius 1 is 1.22 bits per heavy atom. The maximum atomic E-state index is 12.0. The summed E-state index contributed by atoms with van der Waals surface area (Å²) < 4.78 is 36.0. The van der Waals surface area contributed by atoms with Crippen LogP contribution in [-0.2, 0) is 16.0 Å². The van der Waals surface area contributed by atoms with E-state index >= 15 is 0 Å². The highest BCUT2D eigenvalue weighted by Gasteiger charge is 2.28. The van der Waals surface area contributed by atoms with E-state index in [1.54, 1.807) is 0 Å². The van der Waals surface area contributed by atoms with Gasteiger partial charge in [-0.15, -0.1) is 11.8 Å². The summed E-state index contributed by atoms with van der Waals surface area (Å²) in [6.07, 6.45) is -4.47. The molecule has 0 spiro atoms. The van der Waals surface area contributed by atoms with Gasteiger partial charge in [0, 0.05) is 16.5 Å². The van der Waals surface area contributed by atoms with Gasteiger partial charge in [-0.2, -0.15) is 13.2 Å². The lowest BCUT2D eigenvalue weighted by atomic mass is 10.1. The molecule has 1 rings (SSSR count). The van der Waals surface area contributed by atoms with Crippen molar-refractivity contribution in [1.82, 2.24) is 5.32 Å². The molecule has 0 bridgehead atoms. The molecule has 23 heavy (non-hydrogen) atoms. The monoisotopic (exact) mass is 389 g/mol. The molecule has 0 heterocycles. The normalized spacial score (nSPS) is 12.7.